The van der Waals surface area contributed by atoms with Crippen LogP contribution < -0.4 is 4.90 Å². The smallest absolute Gasteiger partial charge is 0.313 e. The van der Waals surface area contributed by atoms with E-state index in [-0.39, 0.29) is 5.75 Å². The van der Waals surface area contributed by atoms with Crippen LogP contribution in [0.5, 0.6) is 0 Å². The van der Waals surface area contributed by atoms with Crippen molar-refractivity contribution in [2.45, 2.75) is 31.7 Å². The van der Waals surface area contributed by atoms with E-state index in [1.807, 2.05) is 16.1 Å². The number of carbonyl (C=O) groups is 1. The predicted octanol–water partition coefficient (Wildman–Crippen LogP) is 0.0864. The van der Waals surface area contributed by atoms with Crippen molar-refractivity contribution in [2.75, 3.05) is 17.2 Å². The summed E-state index contributed by atoms with van der Waals surface area (Å²) in [5.74, 6) is 0.761. The first-order valence-electron chi connectivity index (χ1n) is 6.58. The summed E-state index contributed by atoms with van der Waals surface area (Å²) in [6, 6.07) is 0. The molecule has 0 fully saturated rings. The molecule has 0 aliphatic carbocycles. The molecule has 10 heteroatoms. The first kappa shape index (κ1) is 13.9. The number of anilines is 1. The number of hydrogen-bond donors (Lipinski definition) is 1. The number of aliphatic carboxylic acids is 1. The summed E-state index contributed by atoms with van der Waals surface area (Å²) >= 11 is 1.18. The van der Waals surface area contributed by atoms with E-state index in [9.17, 15) is 4.79 Å². The molecule has 2 aromatic rings. The van der Waals surface area contributed by atoms with Gasteiger partial charge in [-0.25, -0.2) is 0 Å². The molecule has 0 saturated carbocycles. The maximum absolute atomic E-state index is 10.7. The molecule has 0 bridgehead atoms. The summed E-state index contributed by atoms with van der Waals surface area (Å²) in [5.41, 5.74) is 0. The molecule has 2 aromatic heterocycles. The van der Waals surface area contributed by atoms with E-state index in [1.165, 1.54) is 11.8 Å². The third kappa shape index (κ3) is 2.71. The highest BCUT2D eigenvalue weighted by atomic mass is 32.2. The zero-order valence-electron chi connectivity index (χ0n) is 11.5. The second-order valence-corrected chi connectivity index (χ2v) is 5.51. The molecule has 1 N–H and O–H groups in total. The molecule has 0 unspecified atom stereocenters. The number of aromatic nitrogens is 6. The fourth-order valence-corrected chi connectivity index (χ4v) is 2.98. The molecule has 21 heavy (non-hydrogen) atoms. The van der Waals surface area contributed by atoms with Crippen molar-refractivity contribution in [3.63, 3.8) is 0 Å². The van der Waals surface area contributed by atoms with Crippen LogP contribution in [0, 0.1) is 0 Å². The van der Waals surface area contributed by atoms with Crippen LogP contribution in [0.25, 0.3) is 0 Å². The SMILES string of the molecule is CCn1c(SCC(=O)O)nnc1N1CCn2cnnc2C1. The molecule has 0 saturated heterocycles. The van der Waals surface area contributed by atoms with Gasteiger partial charge < -0.3 is 14.6 Å². The zero-order valence-corrected chi connectivity index (χ0v) is 12.3. The maximum atomic E-state index is 10.7. The minimum Gasteiger partial charge on any atom is -0.481 e. The van der Waals surface area contributed by atoms with Crippen molar-refractivity contribution in [3.8, 4) is 0 Å². The molecule has 1 aliphatic rings. The third-order valence-electron chi connectivity index (χ3n) is 3.26. The Bertz CT molecular complexity index is 653. The van der Waals surface area contributed by atoms with Crippen LogP contribution in [0.2, 0.25) is 0 Å². The largest absolute Gasteiger partial charge is 0.481 e. The van der Waals surface area contributed by atoms with Crippen LogP contribution in [-0.2, 0) is 24.4 Å². The van der Waals surface area contributed by atoms with Crippen molar-refractivity contribution < 1.29 is 9.90 Å². The third-order valence-corrected chi connectivity index (χ3v) is 4.21. The van der Waals surface area contributed by atoms with Gasteiger partial charge in [0.15, 0.2) is 11.0 Å². The van der Waals surface area contributed by atoms with Crippen molar-refractivity contribution in [1.29, 1.82) is 0 Å². The Hall–Kier alpha value is -2.10. The second-order valence-electron chi connectivity index (χ2n) is 4.57. The number of nitrogens with zero attached hydrogens (tertiary/aromatic N) is 7. The molecule has 0 atom stereocenters. The molecule has 0 spiro atoms. The molecular formula is C11H15N7O2S. The number of rotatable bonds is 5. The minimum absolute atomic E-state index is 0.0214. The standard InChI is InChI=1S/C11H15N7O2S/c1-2-18-10(14-15-11(18)21-6-9(19)20)16-3-4-17-7-12-13-8(17)5-16/h7H,2-6H2,1H3,(H,19,20). The van der Waals surface area contributed by atoms with Gasteiger partial charge in [0, 0.05) is 19.6 Å². The summed E-state index contributed by atoms with van der Waals surface area (Å²) < 4.78 is 3.95. The van der Waals surface area contributed by atoms with E-state index in [2.05, 4.69) is 25.3 Å². The topological polar surface area (TPSA) is 102 Å². The zero-order chi connectivity index (χ0) is 14.8. The predicted molar refractivity (Wildman–Crippen MR) is 75.1 cm³/mol. The Morgan fingerprint density at radius 2 is 2.24 bits per heavy atom. The molecule has 0 amide bonds. The van der Waals surface area contributed by atoms with Gasteiger partial charge in [0.05, 0.1) is 12.3 Å². The quantitative estimate of drug-likeness (QED) is 0.775. The lowest BCUT2D eigenvalue weighted by Gasteiger charge is -2.27. The Kier molecular flexibility index (Phi) is 3.78. The highest BCUT2D eigenvalue weighted by molar-refractivity contribution is 7.99. The van der Waals surface area contributed by atoms with Crippen molar-refractivity contribution in [1.82, 2.24) is 29.5 Å². The van der Waals surface area contributed by atoms with Gasteiger partial charge in [-0.05, 0) is 6.92 Å². The number of hydrogen-bond acceptors (Lipinski definition) is 7. The van der Waals surface area contributed by atoms with Crippen LogP contribution in [0.15, 0.2) is 11.5 Å². The molecule has 0 radical (unpaired) electrons. The van der Waals surface area contributed by atoms with Gasteiger partial charge in [-0.1, -0.05) is 11.8 Å². The minimum atomic E-state index is -0.863. The summed E-state index contributed by atoms with van der Waals surface area (Å²) in [6.45, 7) is 4.91. The van der Waals surface area contributed by atoms with Gasteiger partial charge in [0.25, 0.3) is 0 Å². The van der Waals surface area contributed by atoms with Gasteiger partial charge in [-0.3, -0.25) is 9.36 Å². The monoisotopic (exact) mass is 309 g/mol. The molecule has 9 nitrogen and oxygen atoms in total. The van der Waals surface area contributed by atoms with E-state index < -0.39 is 5.97 Å². The number of thioether (sulfide) groups is 1. The van der Waals surface area contributed by atoms with E-state index in [1.54, 1.807) is 6.33 Å². The van der Waals surface area contributed by atoms with E-state index in [4.69, 9.17) is 5.11 Å². The van der Waals surface area contributed by atoms with Gasteiger partial charge in [0.2, 0.25) is 5.95 Å². The van der Waals surface area contributed by atoms with Crippen LogP contribution in [0.4, 0.5) is 5.95 Å². The summed E-state index contributed by atoms with van der Waals surface area (Å²) in [5, 5.41) is 25.7. The van der Waals surface area contributed by atoms with Crippen LogP contribution in [0.3, 0.4) is 0 Å². The van der Waals surface area contributed by atoms with Gasteiger partial charge in [-0.2, -0.15) is 0 Å². The van der Waals surface area contributed by atoms with E-state index in [0.29, 0.717) is 18.2 Å². The van der Waals surface area contributed by atoms with Gasteiger partial charge in [0.1, 0.15) is 6.33 Å². The molecule has 1 aliphatic heterocycles. The Labute approximate surface area is 125 Å². The van der Waals surface area contributed by atoms with Crippen molar-refractivity contribution in [2.24, 2.45) is 0 Å². The van der Waals surface area contributed by atoms with Gasteiger partial charge in [-0.15, -0.1) is 20.4 Å². The summed E-state index contributed by atoms with van der Waals surface area (Å²) in [4.78, 5) is 12.8. The van der Waals surface area contributed by atoms with E-state index in [0.717, 1.165) is 24.9 Å². The van der Waals surface area contributed by atoms with Crippen LogP contribution in [0.1, 0.15) is 12.7 Å². The second kappa shape index (κ2) is 5.72. The summed E-state index contributed by atoms with van der Waals surface area (Å²) in [6.07, 6.45) is 1.73. The van der Waals surface area contributed by atoms with Gasteiger partial charge >= 0.3 is 5.97 Å². The molecule has 3 heterocycles. The maximum Gasteiger partial charge on any atom is 0.313 e. The highest BCUT2D eigenvalue weighted by Crippen LogP contribution is 2.24. The fraction of sp³-hybridized carbons (Fsp3) is 0.545. The highest BCUT2D eigenvalue weighted by Gasteiger charge is 2.23. The van der Waals surface area contributed by atoms with Crippen molar-refractivity contribution in [3.05, 3.63) is 12.2 Å². The fourth-order valence-electron chi connectivity index (χ4n) is 2.26. The number of carboxylic acids is 1. The Morgan fingerprint density at radius 1 is 1.38 bits per heavy atom. The van der Waals surface area contributed by atoms with Crippen LogP contribution >= 0.6 is 11.8 Å². The molecule has 0 aromatic carbocycles. The molecule has 112 valence electrons. The number of fused-ring (bicyclic) bond motifs is 1. The lowest BCUT2D eigenvalue weighted by molar-refractivity contribution is -0.133. The average Bonchev–Trinajstić information content (AvgIpc) is 3.10. The van der Waals surface area contributed by atoms with E-state index >= 15 is 0 Å². The molecule has 3 rings (SSSR count). The summed E-state index contributed by atoms with van der Waals surface area (Å²) in [7, 11) is 0. The normalized spacial score (nSPS) is 14.2. The first-order valence-corrected chi connectivity index (χ1v) is 7.57. The Balaban J connectivity index is 1.81. The van der Waals surface area contributed by atoms with Crippen molar-refractivity contribution >= 4 is 23.7 Å². The average molecular weight is 309 g/mol. The first-order chi connectivity index (χ1) is 10.2. The number of carboxylic acid groups (broad SMARTS) is 1. The van der Waals surface area contributed by atoms with Crippen LogP contribution in [-0.4, -0.2) is 52.9 Å². The lowest BCUT2D eigenvalue weighted by atomic mass is 10.4. The molecular weight excluding hydrogens is 294 g/mol. The lowest BCUT2D eigenvalue weighted by Crippen LogP contribution is -2.35. The Morgan fingerprint density at radius 3 is 3.00 bits per heavy atom.